The molecule has 0 radical (unpaired) electrons. The molecule has 2 aromatic carbocycles. The van der Waals surface area contributed by atoms with Crippen LogP contribution in [0.5, 0.6) is 0 Å². The molecule has 2 aromatic rings. The van der Waals surface area contributed by atoms with Gasteiger partial charge in [0.05, 0.1) is 6.61 Å². The molecule has 0 aliphatic heterocycles. The summed E-state index contributed by atoms with van der Waals surface area (Å²) < 4.78 is 20.2. The van der Waals surface area contributed by atoms with Crippen LogP contribution in [-0.2, 0) is 15.2 Å². The molecule has 5 heteroatoms. The summed E-state index contributed by atoms with van der Waals surface area (Å²) in [6.07, 6.45) is 0. The summed E-state index contributed by atoms with van der Waals surface area (Å²) in [5.41, 5.74) is -2.90. The molecule has 3 nitrogen and oxygen atoms in total. The number of benzene rings is 2. The quantitative estimate of drug-likeness (QED) is 0.476. The third-order valence-electron chi connectivity index (χ3n) is 3.15. The van der Waals surface area contributed by atoms with Crippen molar-refractivity contribution in [1.29, 1.82) is 0 Å². The van der Waals surface area contributed by atoms with Crippen LogP contribution < -0.4 is 0 Å². The van der Waals surface area contributed by atoms with Gasteiger partial charge in [0, 0.05) is 16.1 Å². The van der Waals surface area contributed by atoms with Gasteiger partial charge in [-0.3, -0.25) is 4.79 Å². The van der Waals surface area contributed by atoms with Gasteiger partial charge in [0.1, 0.15) is 0 Å². The zero-order valence-corrected chi connectivity index (χ0v) is 12.6. The van der Waals surface area contributed by atoms with Crippen molar-refractivity contribution in [2.24, 2.45) is 0 Å². The molecular formula is C17H14ClFO3. The predicted molar refractivity (Wildman–Crippen MR) is 81.6 cm³/mol. The first kappa shape index (κ1) is 16.2. The molecular weight excluding hydrogens is 307 g/mol. The summed E-state index contributed by atoms with van der Waals surface area (Å²) in [6.45, 7) is 1.53. The van der Waals surface area contributed by atoms with E-state index in [-0.39, 0.29) is 17.7 Å². The topological polar surface area (TPSA) is 43.4 Å². The normalized spacial score (nSPS) is 13.2. The summed E-state index contributed by atoms with van der Waals surface area (Å²) in [6, 6.07) is 13.2. The smallest absolute Gasteiger partial charge is 0.356 e. The maximum Gasteiger partial charge on any atom is 0.356 e. The third kappa shape index (κ3) is 3.02. The minimum absolute atomic E-state index is 0.0226. The van der Waals surface area contributed by atoms with Crippen LogP contribution in [0.15, 0.2) is 54.6 Å². The van der Waals surface area contributed by atoms with E-state index < -0.39 is 17.4 Å². The van der Waals surface area contributed by atoms with E-state index in [1.165, 1.54) is 36.4 Å². The van der Waals surface area contributed by atoms with Gasteiger partial charge < -0.3 is 4.74 Å². The minimum atomic E-state index is -2.88. The van der Waals surface area contributed by atoms with Crippen LogP contribution >= 0.6 is 11.6 Å². The highest BCUT2D eigenvalue weighted by molar-refractivity contribution is 6.30. The Bertz CT molecular complexity index is 670. The van der Waals surface area contributed by atoms with Crippen molar-refractivity contribution in [2.45, 2.75) is 12.6 Å². The van der Waals surface area contributed by atoms with Gasteiger partial charge in [0.2, 0.25) is 5.78 Å². The Kier molecular flexibility index (Phi) is 4.93. The second kappa shape index (κ2) is 6.71. The Hall–Kier alpha value is -2.20. The van der Waals surface area contributed by atoms with E-state index in [0.29, 0.717) is 5.02 Å². The van der Waals surface area contributed by atoms with E-state index in [1.54, 1.807) is 25.1 Å². The largest absolute Gasteiger partial charge is 0.463 e. The zero-order chi connectivity index (χ0) is 16.2. The van der Waals surface area contributed by atoms with Gasteiger partial charge in [-0.15, -0.1) is 0 Å². The van der Waals surface area contributed by atoms with Crippen LogP contribution in [-0.4, -0.2) is 18.4 Å². The lowest BCUT2D eigenvalue weighted by Crippen LogP contribution is -2.41. The number of ketones is 1. The molecule has 22 heavy (non-hydrogen) atoms. The lowest BCUT2D eigenvalue weighted by molar-refractivity contribution is -0.154. The van der Waals surface area contributed by atoms with E-state index in [9.17, 15) is 9.59 Å². The average Bonchev–Trinajstić information content (AvgIpc) is 2.55. The Morgan fingerprint density at radius 2 is 1.68 bits per heavy atom. The van der Waals surface area contributed by atoms with Crippen molar-refractivity contribution < 1.29 is 18.7 Å². The van der Waals surface area contributed by atoms with Crippen LogP contribution in [0.2, 0.25) is 5.02 Å². The van der Waals surface area contributed by atoms with Crippen LogP contribution in [0.25, 0.3) is 0 Å². The Morgan fingerprint density at radius 3 is 2.23 bits per heavy atom. The minimum Gasteiger partial charge on any atom is -0.463 e. The molecule has 0 aromatic heterocycles. The molecule has 1 unspecified atom stereocenters. The molecule has 0 spiro atoms. The molecule has 0 amide bonds. The van der Waals surface area contributed by atoms with E-state index in [2.05, 4.69) is 0 Å². The molecule has 1 atom stereocenters. The molecule has 0 bridgehead atoms. The lowest BCUT2D eigenvalue weighted by atomic mass is 9.87. The highest BCUT2D eigenvalue weighted by Crippen LogP contribution is 2.32. The summed E-state index contributed by atoms with van der Waals surface area (Å²) in [7, 11) is 0. The van der Waals surface area contributed by atoms with E-state index in [1.807, 2.05) is 0 Å². The fourth-order valence-electron chi connectivity index (χ4n) is 2.04. The van der Waals surface area contributed by atoms with Gasteiger partial charge in [0.15, 0.2) is 0 Å². The molecule has 0 heterocycles. The van der Waals surface area contributed by atoms with Gasteiger partial charge in [-0.25, -0.2) is 9.18 Å². The number of alkyl halides is 1. The SMILES string of the molecule is CCOC(=O)C(F)(C(=O)c1ccc(Cl)cc1)c1ccccc1. The second-order valence-corrected chi connectivity index (χ2v) is 5.02. The fraction of sp³-hybridized carbons (Fsp3) is 0.176. The number of rotatable bonds is 5. The maximum atomic E-state index is 15.4. The molecule has 0 aliphatic carbocycles. The first-order valence-corrected chi connectivity index (χ1v) is 7.10. The zero-order valence-electron chi connectivity index (χ0n) is 11.9. The van der Waals surface area contributed by atoms with Crippen molar-refractivity contribution in [3.63, 3.8) is 0 Å². The number of ether oxygens (including phenoxy) is 1. The van der Waals surface area contributed by atoms with Crippen molar-refractivity contribution in [1.82, 2.24) is 0 Å². The predicted octanol–water partition coefficient (Wildman–Crippen LogP) is 3.95. The summed E-state index contributed by atoms with van der Waals surface area (Å²) >= 11 is 5.76. The monoisotopic (exact) mass is 320 g/mol. The number of halogens is 2. The van der Waals surface area contributed by atoms with Gasteiger partial charge in [-0.05, 0) is 31.2 Å². The fourth-order valence-corrected chi connectivity index (χ4v) is 2.17. The first-order chi connectivity index (χ1) is 10.5. The van der Waals surface area contributed by atoms with Gasteiger partial charge in [0.25, 0.3) is 5.67 Å². The molecule has 0 saturated carbocycles. The van der Waals surface area contributed by atoms with Crippen molar-refractivity contribution in [2.75, 3.05) is 6.61 Å². The molecule has 0 fully saturated rings. The number of carbonyl (C=O) groups is 2. The number of carbonyl (C=O) groups excluding carboxylic acids is 2. The third-order valence-corrected chi connectivity index (χ3v) is 3.40. The Morgan fingerprint density at radius 1 is 1.09 bits per heavy atom. The van der Waals surface area contributed by atoms with E-state index in [0.717, 1.165) is 0 Å². The van der Waals surface area contributed by atoms with E-state index >= 15 is 4.39 Å². The molecule has 0 saturated heterocycles. The number of hydrogen-bond acceptors (Lipinski definition) is 3. The van der Waals surface area contributed by atoms with Crippen molar-refractivity contribution in [3.05, 3.63) is 70.7 Å². The first-order valence-electron chi connectivity index (χ1n) is 6.72. The molecule has 0 N–H and O–H groups in total. The van der Waals surface area contributed by atoms with Crippen LogP contribution in [0.3, 0.4) is 0 Å². The van der Waals surface area contributed by atoms with Crippen LogP contribution in [0, 0.1) is 0 Å². The average molecular weight is 321 g/mol. The summed E-state index contributed by atoms with van der Waals surface area (Å²) in [5, 5.41) is 0.414. The van der Waals surface area contributed by atoms with Crippen LogP contribution in [0.1, 0.15) is 22.8 Å². The second-order valence-electron chi connectivity index (χ2n) is 4.58. The highest BCUT2D eigenvalue weighted by Gasteiger charge is 2.50. The molecule has 114 valence electrons. The molecule has 0 aliphatic rings. The number of esters is 1. The van der Waals surface area contributed by atoms with E-state index in [4.69, 9.17) is 16.3 Å². The highest BCUT2D eigenvalue weighted by atomic mass is 35.5. The van der Waals surface area contributed by atoms with Gasteiger partial charge in [-0.2, -0.15) is 0 Å². The van der Waals surface area contributed by atoms with Crippen LogP contribution in [0.4, 0.5) is 4.39 Å². The van der Waals surface area contributed by atoms with Crippen molar-refractivity contribution in [3.8, 4) is 0 Å². The standard InChI is InChI=1S/C17H14ClFO3/c1-2-22-16(21)17(19,13-6-4-3-5-7-13)15(20)12-8-10-14(18)11-9-12/h3-11H,2H2,1H3. The number of hydrogen-bond donors (Lipinski definition) is 0. The Labute approximate surface area is 132 Å². The number of Topliss-reactive ketones (excluding diaryl/α,β-unsaturated/α-hetero) is 1. The van der Waals surface area contributed by atoms with Crippen molar-refractivity contribution >= 4 is 23.4 Å². The van der Waals surface area contributed by atoms with Gasteiger partial charge >= 0.3 is 5.97 Å². The molecule has 2 rings (SSSR count). The summed E-state index contributed by atoms with van der Waals surface area (Å²) in [5.74, 6) is -2.20. The Balaban J connectivity index is 2.51. The maximum absolute atomic E-state index is 15.4. The summed E-state index contributed by atoms with van der Waals surface area (Å²) in [4.78, 5) is 24.7. The lowest BCUT2D eigenvalue weighted by Gasteiger charge is -2.22. The van der Waals surface area contributed by atoms with Gasteiger partial charge in [-0.1, -0.05) is 41.9 Å².